The van der Waals surface area contributed by atoms with Crippen LogP contribution in [0, 0.1) is 6.92 Å². The molecule has 0 saturated carbocycles. The van der Waals surface area contributed by atoms with Crippen LogP contribution in [0.15, 0.2) is 71.1 Å². The molecule has 0 saturated heterocycles. The number of amides is 1. The maximum absolute atomic E-state index is 12.5. The number of ether oxygens (including phenoxy) is 1. The van der Waals surface area contributed by atoms with Crippen LogP contribution in [0.25, 0.3) is 11.3 Å². The summed E-state index contributed by atoms with van der Waals surface area (Å²) < 4.78 is 11.4. The summed E-state index contributed by atoms with van der Waals surface area (Å²) in [5.41, 5.74) is 2.62. The number of rotatable bonds is 7. The predicted octanol–water partition coefficient (Wildman–Crippen LogP) is 4.59. The molecule has 1 amide bonds. The van der Waals surface area contributed by atoms with E-state index in [1.807, 2.05) is 67.6 Å². The summed E-state index contributed by atoms with van der Waals surface area (Å²) >= 11 is 0. The zero-order valence-electron chi connectivity index (χ0n) is 15.1. The summed E-state index contributed by atoms with van der Waals surface area (Å²) in [4.78, 5) is 12.5. The van der Waals surface area contributed by atoms with Gasteiger partial charge in [0.2, 0.25) is 0 Å². The van der Waals surface area contributed by atoms with Gasteiger partial charge < -0.3 is 14.5 Å². The summed E-state index contributed by atoms with van der Waals surface area (Å²) in [6, 6.07) is 21.4. The summed E-state index contributed by atoms with van der Waals surface area (Å²) in [5, 5.41) is 2.96. The van der Waals surface area contributed by atoms with Gasteiger partial charge in [-0.1, -0.05) is 60.7 Å². The first-order valence-corrected chi connectivity index (χ1v) is 8.72. The first-order chi connectivity index (χ1) is 12.6. The summed E-state index contributed by atoms with van der Waals surface area (Å²) in [5.74, 6) is 1.16. The Kier molecular flexibility index (Phi) is 5.87. The molecule has 2 aromatic carbocycles. The number of carbonyl (C=O) groups is 1. The Labute approximate surface area is 153 Å². The average molecular weight is 349 g/mol. The minimum atomic E-state index is -0.149. The van der Waals surface area contributed by atoms with Crippen molar-refractivity contribution in [2.24, 2.45) is 0 Å². The van der Waals surface area contributed by atoms with Gasteiger partial charge in [0.1, 0.15) is 11.5 Å². The Morgan fingerprint density at radius 3 is 2.42 bits per heavy atom. The van der Waals surface area contributed by atoms with Gasteiger partial charge in [-0.05, 0) is 25.5 Å². The fourth-order valence-electron chi connectivity index (χ4n) is 2.72. The monoisotopic (exact) mass is 349 g/mol. The molecule has 0 aliphatic rings. The number of benzene rings is 2. The molecule has 0 radical (unpaired) electrons. The van der Waals surface area contributed by atoms with Gasteiger partial charge in [-0.2, -0.15) is 0 Å². The smallest absolute Gasteiger partial charge is 0.255 e. The van der Waals surface area contributed by atoms with Crippen LogP contribution >= 0.6 is 0 Å². The van der Waals surface area contributed by atoms with E-state index in [1.54, 1.807) is 13.0 Å². The minimum Gasteiger partial charge on any atom is -0.461 e. The van der Waals surface area contributed by atoms with Crippen molar-refractivity contribution in [3.05, 3.63) is 83.6 Å². The average Bonchev–Trinajstić information content (AvgIpc) is 3.05. The number of nitrogens with one attached hydrogen (secondary N) is 1. The lowest BCUT2D eigenvalue weighted by atomic mass is 10.1. The molecule has 1 aromatic heterocycles. The number of furan rings is 1. The molecule has 0 spiro atoms. The van der Waals surface area contributed by atoms with E-state index in [0.717, 1.165) is 11.1 Å². The maximum Gasteiger partial charge on any atom is 0.255 e. The highest BCUT2D eigenvalue weighted by molar-refractivity contribution is 5.96. The summed E-state index contributed by atoms with van der Waals surface area (Å²) in [6.45, 7) is 4.71. The van der Waals surface area contributed by atoms with Crippen LogP contribution in [-0.2, 0) is 11.3 Å². The highest BCUT2D eigenvalue weighted by Crippen LogP contribution is 2.25. The molecule has 134 valence electrons. The van der Waals surface area contributed by atoms with Crippen LogP contribution in [-0.4, -0.2) is 18.6 Å². The lowest BCUT2D eigenvalue weighted by Gasteiger charge is -2.14. The Hall–Kier alpha value is -2.85. The van der Waals surface area contributed by atoms with Gasteiger partial charge in [0, 0.05) is 11.6 Å². The second kappa shape index (κ2) is 8.50. The fourth-order valence-corrected chi connectivity index (χ4v) is 2.72. The minimum absolute atomic E-state index is 0.0966. The number of carbonyl (C=O) groups excluding carboxylic acids is 1. The summed E-state index contributed by atoms with van der Waals surface area (Å²) in [6.07, 6.45) is 0. The van der Waals surface area contributed by atoms with Gasteiger partial charge in [-0.3, -0.25) is 4.79 Å². The molecule has 1 heterocycles. The molecule has 4 nitrogen and oxygen atoms in total. The van der Waals surface area contributed by atoms with Gasteiger partial charge in [0.25, 0.3) is 5.91 Å². The molecular formula is C22H23NO3. The second-order valence-corrected chi connectivity index (χ2v) is 6.32. The van der Waals surface area contributed by atoms with E-state index in [-0.39, 0.29) is 11.9 Å². The van der Waals surface area contributed by atoms with Crippen molar-refractivity contribution in [1.82, 2.24) is 5.32 Å². The van der Waals surface area contributed by atoms with Gasteiger partial charge in [0.05, 0.1) is 18.8 Å². The Morgan fingerprint density at radius 1 is 1.08 bits per heavy atom. The molecule has 0 fully saturated rings. The van der Waals surface area contributed by atoms with Crippen LogP contribution in [0.4, 0.5) is 0 Å². The zero-order chi connectivity index (χ0) is 18.4. The fraction of sp³-hybridized carbons (Fsp3) is 0.227. The number of hydrogen-bond acceptors (Lipinski definition) is 3. The SMILES string of the molecule is Cc1oc(-c2ccccc2)cc1C(=O)NC(C)COCc1ccccc1. The van der Waals surface area contributed by atoms with E-state index < -0.39 is 0 Å². The van der Waals surface area contributed by atoms with Crippen molar-refractivity contribution in [2.75, 3.05) is 6.61 Å². The second-order valence-electron chi connectivity index (χ2n) is 6.32. The molecule has 0 aliphatic carbocycles. The molecule has 0 bridgehead atoms. The quantitative estimate of drug-likeness (QED) is 0.679. The molecule has 4 heteroatoms. The highest BCUT2D eigenvalue weighted by atomic mass is 16.5. The Balaban J connectivity index is 1.55. The van der Waals surface area contributed by atoms with Crippen LogP contribution in [0.2, 0.25) is 0 Å². The molecular weight excluding hydrogens is 326 g/mol. The third-order valence-corrected chi connectivity index (χ3v) is 4.08. The number of hydrogen-bond donors (Lipinski definition) is 1. The third kappa shape index (κ3) is 4.61. The molecule has 3 aromatic rings. The van der Waals surface area contributed by atoms with E-state index in [4.69, 9.17) is 9.15 Å². The predicted molar refractivity (Wildman–Crippen MR) is 102 cm³/mol. The van der Waals surface area contributed by atoms with E-state index in [0.29, 0.717) is 30.3 Å². The van der Waals surface area contributed by atoms with Crippen molar-refractivity contribution in [3.63, 3.8) is 0 Å². The van der Waals surface area contributed by atoms with Gasteiger partial charge in [-0.25, -0.2) is 0 Å². The molecule has 3 rings (SSSR count). The van der Waals surface area contributed by atoms with E-state index in [9.17, 15) is 4.79 Å². The van der Waals surface area contributed by atoms with Crippen molar-refractivity contribution >= 4 is 5.91 Å². The van der Waals surface area contributed by atoms with E-state index in [2.05, 4.69) is 5.32 Å². The molecule has 26 heavy (non-hydrogen) atoms. The molecule has 1 atom stereocenters. The normalized spacial score (nSPS) is 11.9. The highest BCUT2D eigenvalue weighted by Gasteiger charge is 2.17. The van der Waals surface area contributed by atoms with Crippen LogP contribution < -0.4 is 5.32 Å². The van der Waals surface area contributed by atoms with Crippen LogP contribution in [0.3, 0.4) is 0 Å². The zero-order valence-corrected chi connectivity index (χ0v) is 15.1. The standard InChI is InChI=1S/C22H23NO3/c1-16(14-25-15-18-9-5-3-6-10-18)23-22(24)20-13-21(26-17(20)2)19-11-7-4-8-12-19/h3-13,16H,14-15H2,1-2H3,(H,23,24). The van der Waals surface area contributed by atoms with Crippen molar-refractivity contribution < 1.29 is 13.9 Å². The van der Waals surface area contributed by atoms with Gasteiger partial charge in [0.15, 0.2) is 0 Å². The topological polar surface area (TPSA) is 51.5 Å². The molecule has 0 aliphatic heterocycles. The largest absolute Gasteiger partial charge is 0.461 e. The first-order valence-electron chi connectivity index (χ1n) is 8.72. The van der Waals surface area contributed by atoms with Crippen molar-refractivity contribution in [3.8, 4) is 11.3 Å². The van der Waals surface area contributed by atoms with Gasteiger partial charge in [-0.15, -0.1) is 0 Å². The maximum atomic E-state index is 12.5. The molecule has 1 unspecified atom stereocenters. The number of aryl methyl sites for hydroxylation is 1. The lowest BCUT2D eigenvalue weighted by Crippen LogP contribution is -2.35. The van der Waals surface area contributed by atoms with Crippen molar-refractivity contribution in [1.29, 1.82) is 0 Å². The van der Waals surface area contributed by atoms with Crippen LogP contribution in [0.1, 0.15) is 28.6 Å². The summed E-state index contributed by atoms with van der Waals surface area (Å²) in [7, 11) is 0. The third-order valence-electron chi connectivity index (χ3n) is 4.08. The van der Waals surface area contributed by atoms with Gasteiger partial charge >= 0.3 is 0 Å². The van der Waals surface area contributed by atoms with E-state index >= 15 is 0 Å². The lowest BCUT2D eigenvalue weighted by molar-refractivity contribution is 0.0819. The van der Waals surface area contributed by atoms with E-state index in [1.165, 1.54) is 0 Å². The van der Waals surface area contributed by atoms with Crippen LogP contribution in [0.5, 0.6) is 0 Å². The first kappa shape index (κ1) is 18.0. The Morgan fingerprint density at radius 2 is 1.73 bits per heavy atom. The molecule has 1 N–H and O–H groups in total. The Bertz CT molecular complexity index is 840. The van der Waals surface area contributed by atoms with Crippen molar-refractivity contribution in [2.45, 2.75) is 26.5 Å².